The first kappa shape index (κ1) is 20.1. The van der Waals surface area contributed by atoms with E-state index in [0.717, 1.165) is 12.0 Å². The summed E-state index contributed by atoms with van der Waals surface area (Å²) in [6.45, 7) is 2.99. The van der Waals surface area contributed by atoms with Crippen LogP contribution in [0.5, 0.6) is 0 Å². The number of rotatable bonds is 7. The van der Waals surface area contributed by atoms with Crippen molar-refractivity contribution in [3.05, 3.63) is 35.9 Å². The predicted octanol–water partition coefficient (Wildman–Crippen LogP) is 2.27. The van der Waals surface area contributed by atoms with Gasteiger partial charge in [-0.15, -0.1) is 0 Å². The van der Waals surface area contributed by atoms with Gasteiger partial charge in [-0.3, -0.25) is 19.3 Å². The first-order valence-electron chi connectivity index (χ1n) is 9.69. The van der Waals surface area contributed by atoms with Crippen LogP contribution in [0.25, 0.3) is 0 Å². The van der Waals surface area contributed by atoms with E-state index in [1.165, 1.54) is 9.96 Å². The third-order valence-electron chi connectivity index (χ3n) is 4.80. The van der Waals surface area contributed by atoms with Crippen LogP contribution in [-0.4, -0.2) is 59.8 Å². The predicted molar refractivity (Wildman–Crippen MR) is 98.8 cm³/mol. The van der Waals surface area contributed by atoms with Crippen LogP contribution < -0.4 is 0 Å². The SMILES string of the molecule is CCCON(C(=O)C1CCCN1C(=O)OCc1ccccc1)[C@@H]1COC(=O)C1. The molecule has 2 aliphatic rings. The third-order valence-corrected chi connectivity index (χ3v) is 4.80. The molecule has 2 saturated heterocycles. The van der Waals surface area contributed by atoms with Crippen molar-refractivity contribution in [3.8, 4) is 0 Å². The monoisotopic (exact) mass is 390 g/mol. The van der Waals surface area contributed by atoms with Crippen molar-refractivity contribution < 1.29 is 28.7 Å². The number of esters is 1. The van der Waals surface area contributed by atoms with E-state index in [2.05, 4.69) is 0 Å². The number of hydrogen-bond donors (Lipinski definition) is 0. The minimum atomic E-state index is -0.657. The molecule has 0 spiro atoms. The van der Waals surface area contributed by atoms with Gasteiger partial charge in [-0.25, -0.2) is 9.86 Å². The second-order valence-electron chi connectivity index (χ2n) is 6.93. The molecule has 2 atom stereocenters. The number of likely N-dealkylation sites (tertiary alicyclic amines) is 1. The topological polar surface area (TPSA) is 85.4 Å². The second-order valence-corrected chi connectivity index (χ2v) is 6.93. The third kappa shape index (κ3) is 4.81. The van der Waals surface area contributed by atoms with Crippen LogP contribution in [0, 0.1) is 0 Å². The number of carbonyl (C=O) groups is 3. The Morgan fingerprint density at radius 3 is 2.75 bits per heavy atom. The van der Waals surface area contributed by atoms with E-state index in [9.17, 15) is 14.4 Å². The molecular formula is C20H26N2O6. The van der Waals surface area contributed by atoms with E-state index in [1.807, 2.05) is 37.3 Å². The number of amides is 2. The van der Waals surface area contributed by atoms with Crippen LogP contribution >= 0.6 is 0 Å². The summed E-state index contributed by atoms with van der Waals surface area (Å²) in [6, 6.07) is 8.26. The molecule has 2 aliphatic heterocycles. The standard InChI is InChI=1S/C20H26N2O6/c1-2-11-28-22(16-12-18(23)26-14-16)19(24)17-9-6-10-21(17)20(25)27-13-15-7-4-3-5-8-15/h3-5,7-8,16-17H,2,6,9-14H2,1H3/t16-,17?/m0/s1. The van der Waals surface area contributed by atoms with Gasteiger partial charge in [0, 0.05) is 6.54 Å². The Labute approximate surface area is 164 Å². The van der Waals surface area contributed by atoms with Crippen molar-refractivity contribution in [1.29, 1.82) is 0 Å². The molecule has 28 heavy (non-hydrogen) atoms. The lowest BCUT2D eigenvalue weighted by molar-refractivity contribution is -0.204. The molecule has 8 heteroatoms. The lowest BCUT2D eigenvalue weighted by Crippen LogP contribution is -2.51. The largest absolute Gasteiger partial charge is 0.463 e. The molecule has 2 fully saturated rings. The summed E-state index contributed by atoms with van der Waals surface area (Å²) in [7, 11) is 0. The Hall–Kier alpha value is -2.61. The molecule has 0 aliphatic carbocycles. The van der Waals surface area contributed by atoms with Gasteiger partial charge in [0.05, 0.1) is 13.0 Å². The van der Waals surface area contributed by atoms with Gasteiger partial charge in [0.25, 0.3) is 5.91 Å². The van der Waals surface area contributed by atoms with Crippen molar-refractivity contribution >= 4 is 18.0 Å². The van der Waals surface area contributed by atoms with Crippen molar-refractivity contribution in [2.45, 2.75) is 51.3 Å². The highest BCUT2D eigenvalue weighted by Crippen LogP contribution is 2.24. The van der Waals surface area contributed by atoms with Crippen LogP contribution in [0.2, 0.25) is 0 Å². The lowest BCUT2D eigenvalue weighted by atomic mass is 10.1. The number of ether oxygens (including phenoxy) is 2. The molecule has 2 heterocycles. The number of nitrogens with zero attached hydrogens (tertiary/aromatic N) is 2. The normalized spacial score (nSPS) is 21.5. The van der Waals surface area contributed by atoms with Gasteiger partial charge in [0.1, 0.15) is 25.3 Å². The highest BCUT2D eigenvalue weighted by Gasteiger charge is 2.42. The Kier molecular flexibility index (Phi) is 6.86. The molecule has 0 N–H and O–H groups in total. The molecule has 0 radical (unpaired) electrons. The van der Waals surface area contributed by atoms with E-state index in [4.69, 9.17) is 14.3 Å². The Bertz CT molecular complexity index is 695. The quantitative estimate of drug-likeness (QED) is 0.524. The summed E-state index contributed by atoms with van der Waals surface area (Å²) in [5.41, 5.74) is 0.882. The van der Waals surface area contributed by atoms with Crippen LogP contribution in [0.3, 0.4) is 0 Å². The summed E-state index contributed by atoms with van der Waals surface area (Å²) >= 11 is 0. The molecule has 0 saturated carbocycles. The smallest absolute Gasteiger partial charge is 0.410 e. The van der Waals surface area contributed by atoms with Crippen molar-refractivity contribution in [1.82, 2.24) is 9.96 Å². The van der Waals surface area contributed by atoms with Crippen LogP contribution in [0.15, 0.2) is 30.3 Å². The van der Waals surface area contributed by atoms with Gasteiger partial charge in [-0.2, -0.15) is 0 Å². The molecule has 152 valence electrons. The Morgan fingerprint density at radius 1 is 1.29 bits per heavy atom. The van der Waals surface area contributed by atoms with E-state index < -0.39 is 18.2 Å². The molecule has 0 aromatic heterocycles. The fourth-order valence-corrected chi connectivity index (χ4v) is 3.38. The van der Waals surface area contributed by atoms with Crippen molar-refractivity contribution in [2.24, 2.45) is 0 Å². The average molecular weight is 390 g/mol. The first-order valence-corrected chi connectivity index (χ1v) is 9.69. The molecule has 3 rings (SSSR count). The van der Waals surface area contributed by atoms with Gasteiger partial charge < -0.3 is 9.47 Å². The lowest BCUT2D eigenvalue weighted by Gasteiger charge is -2.31. The molecule has 8 nitrogen and oxygen atoms in total. The minimum absolute atomic E-state index is 0.0978. The van der Waals surface area contributed by atoms with Crippen molar-refractivity contribution in [2.75, 3.05) is 19.8 Å². The van der Waals surface area contributed by atoms with Gasteiger partial charge in [0.15, 0.2) is 0 Å². The summed E-state index contributed by atoms with van der Waals surface area (Å²) < 4.78 is 10.4. The molecule has 1 unspecified atom stereocenters. The molecule has 0 bridgehead atoms. The highest BCUT2D eigenvalue weighted by atomic mass is 16.7. The molecular weight excluding hydrogens is 364 g/mol. The van der Waals surface area contributed by atoms with Crippen LogP contribution in [0.1, 0.15) is 38.2 Å². The van der Waals surface area contributed by atoms with E-state index in [0.29, 0.717) is 26.0 Å². The fraction of sp³-hybridized carbons (Fsp3) is 0.550. The van der Waals surface area contributed by atoms with E-state index in [-0.39, 0.29) is 31.5 Å². The minimum Gasteiger partial charge on any atom is -0.463 e. The molecule has 1 aromatic carbocycles. The number of carbonyl (C=O) groups excluding carboxylic acids is 3. The number of benzene rings is 1. The zero-order valence-electron chi connectivity index (χ0n) is 16.0. The van der Waals surface area contributed by atoms with Gasteiger partial charge in [0.2, 0.25) is 0 Å². The number of hydrogen-bond acceptors (Lipinski definition) is 6. The summed E-state index contributed by atoms with van der Waals surface area (Å²) in [5.74, 6) is -0.681. The molecule has 1 aromatic rings. The van der Waals surface area contributed by atoms with Gasteiger partial charge >= 0.3 is 12.1 Å². The Balaban J connectivity index is 1.64. The second kappa shape index (κ2) is 9.54. The summed E-state index contributed by atoms with van der Waals surface area (Å²) in [5, 5.41) is 1.24. The summed E-state index contributed by atoms with van der Waals surface area (Å²) in [4.78, 5) is 44.2. The fourth-order valence-electron chi connectivity index (χ4n) is 3.38. The zero-order valence-corrected chi connectivity index (χ0v) is 16.0. The maximum atomic E-state index is 13.1. The van der Waals surface area contributed by atoms with E-state index >= 15 is 0 Å². The maximum absolute atomic E-state index is 13.1. The maximum Gasteiger partial charge on any atom is 0.410 e. The number of cyclic esters (lactones) is 1. The first-order chi connectivity index (χ1) is 13.6. The van der Waals surface area contributed by atoms with Crippen LogP contribution in [-0.2, 0) is 30.5 Å². The van der Waals surface area contributed by atoms with Gasteiger partial charge in [-0.05, 0) is 24.8 Å². The zero-order chi connectivity index (χ0) is 19.9. The number of hydroxylamine groups is 2. The van der Waals surface area contributed by atoms with Crippen molar-refractivity contribution in [3.63, 3.8) is 0 Å². The Morgan fingerprint density at radius 2 is 2.07 bits per heavy atom. The van der Waals surface area contributed by atoms with Crippen LogP contribution in [0.4, 0.5) is 4.79 Å². The molecule has 2 amide bonds. The highest BCUT2D eigenvalue weighted by molar-refractivity contribution is 5.86. The van der Waals surface area contributed by atoms with E-state index in [1.54, 1.807) is 0 Å². The summed E-state index contributed by atoms with van der Waals surface area (Å²) in [6.07, 6.45) is 1.54. The average Bonchev–Trinajstić information content (AvgIpc) is 3.36. The van der Waals surface area contributed by atoms with Gasteiger partial charge in [-0.1, -0.05) is 37.3 Å².